The second-order valence-corrected chi connectivity index (χ2v) is 7.53. The second kappa shape index (κ2) is 6.79. The van der Waals surface area contributed by atoms with Gasteiger partial charge in [-0.15, -0.1) is 0 Å². The number of fused-ring (bicyclic) bond motifs is 1. The summed E-state index contributed by atoms with van der Waals surface area (Å²) in [6.45, 7) is 2.14. The Morgan fingerprint density at radius 3 is 2.50 bits per heavy atom. The molecule has 0 saturated heterocycles. The van der Waals surface area contributed by atoms with Gasteiger partial charge in [0.1, 0.15) is 17.5 Å². The van der Waals surface area contributed by atoms with Crippen molar-refractivity contribution < 1.29 is 8.78 Å². The lowest BCUT2D eigenvalue weighted by atomic mass is 10.2. The molecule has 0 amide bonds. The molecule has 1 aliphatic carbocycles. The van der Waals surface area contributed by atoms with E-state index in [-0.39, 0.29) is 11.6 Å². The standard InChI is InChI=1S/C19H17BrF2N4/c1-10(11-2-3-11)23-18-16-6-12(20)4-5-17(16)25-19(26-18)24-15-8-13(21)7-14(22)9-15/h4-11H,2-3H2,1H3,(H2,23,24,25,26)/t10-/m1/s1. The van der Waals surface area contributed by atoms with Gasteiger partial charge in [-0.2, -0.15) is 4.98 Å². The van der Waals surface area contributed by atoms with Gasteiger partial charge in [-0.05, 0) is 56.0 Å². The number of rotatable bonds is 5. The summed E-state index contributed by atoms with van der Waals surface area (Å²) in [5.74, 6) is 0.335. The van der Waals surface area contributed by atoms with Crippen LogP contribution in [-0.4, -0.2) is 16.0 Å². The van der Waals surface area contributed by atoms with Crippen molar-refractivity contribution in [3.63, 3.8) is 0 Å². The molecular weight excluding hydrogens is 402 g/mol. The van der Waals surface area contributed by atoms with E-state index in [0.717, 1.165) is 21.4 Å². The van der Waals surface area contributed by atoms with Crippen LogP contribution >= 0.6 is 15.9 Å². The molecule has 0 radical (unpaired) electrons. The van der Waals surface area contributed by atoms with Crippen molar-refractivity contribution in [3.05, 3.63) is 52.5 Å². The van der Waals surface area contributed by atoms with E-state index >= 15 is 0 Å². The molecule has 1 aliphatic rings. The Morgan fingerprint density at radius 1 is 1.08 bits per heavy atom. The maximum Gasteiger partial charge on any atom is 0.229 e. The smallest absolute Gasteiger partial charge is 0.229 e. The predicted molar refractivity (Wildman–Crippen MR) is 103 cm³/mol. The van der Waals surface area contributed by atoms with E-state index in [2.05, 4.69) is 43.5 Å². The molecule has 2 aromatic carbocycles. The van der Waals surface area contributed by atoms with Gasteiger partial charge < -0.3 is 10.6 Å². The van der Waals surface area contributed by atoms with Gasteiger partial charge in [-0.1, -0.05) is 15.9 Å². The SMILES string of the molecule is C[C@@H](Nc1nc(Nc2cc(F)cc(F)c2)nc2ccc(Br)cc12)C1CC1. The summed E-state index contributed by atoms with van der Waals surface area (Å²) >= 11 is 3.48. The predicted octanol–water partition coefficient (Wildman–Crippen LogP) is 5.62. The minimum absolute atomic E-state index is 0.264. The van der Waals surface area contributed by atoms with Crippen LogP contribution in [-0.2, 0) is 0 Å². The number of aromatic nitrogens is 2. The lowest BCUT2D eigenvalue weighted by Crippen LogP contribution is -2.19. The highest BCUT2D eigenvalue weighted by atomic mass is 79.9. The van der Waals surface area contributed by atoms with Crippen LogP contribution < -0.4 is 10.6 Å². The first-order valence-corrected chi connectivity index (χ1v) is 9.24. The molecule has 0 aliphatic heterocycles. The number of benzene rings is 2. The molecule has 4 rings (SSSR count). The van der Waals surface area contributed by atoms with Gasteiger partial charge in [0, 0.05) is 27.7 Å². The highest BCUT2D eigenvalue weighted by Gasteiger charge is 2.28. The third-order valence-electron chi connectivity index (χ3n) is 4.47. The van der Waals surface area contributed by atoms with Crippen molar-refractivity contribution in [2.75, 3.05) is 10.6 Å². The molecule has 2 N–H and O–H groups in total. The Labute approximate surface area is 158 Å². The maximum absolute atomic E-state index is 13.4. The second-order valence-electron chi connectivity index (χ2n) is 6.61. The summed E-state index contributed by atoms with van der Waals surface area (Å²) < 4.78 is 27.8. The van der Waals surface area contributed by atoms with Gasteiger partial charge in [0.15, 0.2) is 0 Å². The van der Waals surface area contributed by atoms with Gasteiger partial charge in [-0.3, -0.25) is 0 Å². The van der Waals surface area contributed by atoms with Crippen molar-refractivity contribution in [1.29, 1.82) is 0 Å². The molecule has 4 nitrogen and oxygen atoms in total. The third-order valence-corrected chi connectivity index (χ3v) is 4.96. The minimum atomic E-state index is -0.655. The normalized spacial score (nSPS) is 15.1. The molecule has 3 aromatic rings. The van der Waals surface area contributed by atoms with E-state index < -0.39 is 11.6 Å². The zero-order valence-corrected chi connectivity index (χ0v) is 15.6. The summed E-state index contributed by atoms with van der Waals surface area (Å²) in [4.78, 5) is 9.02. The molecule has 0 unspecified atom stereocenters. The van der Waals surface area contributed by atoms with Gasteiger partial charge in [-0.25, -0.2) is 13.8 Å². The topological polar surface area (TPSA) is 49.8 Å². The summed E-state index contributed by atoms with van der Waals surface area (Å²) in [7, 11) is 0. The Bertz CT molecular complexity index is 955. The van der Waals surface area contributed by atoms with E-state index in [1.54, 1.807) is 0 Å². The number of halogens is 3. The highest BCUT2D eigenvalue weighted by molar-refractivity contribution is 9.10. The van der Waals surface area contributed by atoms with E-state index in [0.29, 0.717) is 17.8 Å². The largest absolute Gasteiger partial charge is 0.367 e. The summed E-state index contributed by atoms with van der Waals surface area (Å²) in [6.07, 6.45) is 2.43. The van der Waals surface area contributed by atoms with Crippen molar-refractivity contribution in [2.45, 2.75) is 25.8 Å². The van der Waals surface area contributed by atoms with Crippen LogP contribution in [0.4, 0.5) is 26.2 Å². The van der Waals surface area contributed by atoms with Crippen LogP contribution in [0.25, 0.3) is 10.9 Å². The molecule has 0 bridgehead atoms. The van der Waals surface area contributed by atoms with E-state index in [9.17, 15) is 8.78 Å². The van der Waals surface area contributed by atoms with Crippen LogP contribution in [0.3, 0.4) is 0 Å². The molecule has 1 saturated carbocycles. The summed E-state index contributed by atoms with van der Waals surface area (Å²) in [5.41, 5.74) is 1.01. The van der Waals surface area contributed by atoms with Crippen LogP contribution in [0.5, 0.6) is 0 Å². The quantitative estimate of drug-likeness (QED) is 0.563. The van der Waals surface area contributed by atoms with Crippen molar-refractivity contribution in [1.82, 2.24) is 9.97 Å². The lowest BCUT2D eigenvalue weighted by Gasteiger charge is -2.17. The van der Waals surface area contributed by atoms with Gasteiger partial charge >= 0.3 is 0 Å². The lowest BCUT2D eigenvalue weighted by molar-refractivity contribution is 0.584. The molecule has 1 aromatic heterocycles. The van der Waals surface area contributed by atoms with E-state index in [4.69, 9.17) is 0 Å². The average Bonchev–Trinajstić information content (AvgIpc) is 3.39. The molecule has 134 valence electrons. The van der Waals surface area contributed by atoms with Crippen molar-refractivity contribution in [2.24, 2.45) is 5.92 Å². The first-order valence-electron chi connectivity index (χ1n) is 8.45. The van der Waals surface area contributed by atoms with Crippen LogP contribution in [0.2, 0.25) is 0 Å². The van der Waals surface area contributed by atoms with E-state index in [1.165, 1.54) is 25.0 Å². The van der Waals surface area contributed by atoms with Gasteiger partial charge in [0.2, 0.25) is 5.95 Å². The molecule has 1 fully saturated rings. The number of anilines is 3. The van der Waals surface area contributed by atoms with Crippen LogP contribution in [0, 0.1) is 17.6 Å². The number of nitrogens with zero attached hydrogens (tertiary/aromatic N) is 2. The fourth-order valence-electron chi connectivity index (χ4n) is 2.95. The van der Waals surface area contributed by atoms with Crippen LogP contribution in [0.15, 0.2) is 40.9 Å². The molecule has 26 heavy (non-hydrogen) atoms. The fraction of sp³-hybridized carbons (Fsp3) is 0.263. The molecular formula is C19H17BrF2N4. The molecule has 1 heterocycles. The highest BCUT2D eigenvalue weighted by Crippen LogP contribution is 2.35. The Hall–Kier alpha value is -2.28. The third kappa shape index (κ3) is 3.77. The molecule has 1 atom stereocenters. The molecule has 0 spiro atoms. The number of nitrogens with one attached hydrogen (secondary N) is 2. The zero-order valence-electron chi connectivity index (χ0n) is 14.1. The maximum atomic E-state index is 13.4. The molecule has 7 heteroatoms. The average molecular weight is 419 g/mol. The summed E-state index contributed by atoms with van der Waals surface area (Å²) in [5, 5.41) is 7.25. The van der Waals surface area contributed by atoms with Crippen molar-refractivity contribution >= 4 is 44.3 Å². The van der Waals surface area contributed by atoms with E-state index in [1.807, 2.05) is 18.2 Å². The Balaban J connectivity index is 1.73. The minimum Gasteiger partial charge on any atom is -0.367 e. The summed E-state index contributed by atoms with van der Waals surface area (Å²) in [6, 6.07) is 9.28. The zero-order chi connectivity index (χ0) is 18.3. The Morgan fingerprint density at radius 2 is 1.81 bits per heavy atom. The van der Waals surface area contributed by atoms with Crippen LogP contribution in [0.1, 0.15) is 19.8 Å². The van der Waals surface area contributed by atoms with Gasteiger partial charge in [0.25, 0.3) is 0 Å². The van der Waals surface area contributed by atoms with Gasteiger partial charge in [0.05, 0.1) is 5.52 Å². The Kier molecular flexibility index (Phi) is 4.48. The number of hydrogen-bond donors (Lipinski definition) is 2. The fourth-order valence-corrected chi connectivity index (χ4v) is 3.31. The van der Waals surface area contributed by atoms with Crippen molar-refractivity contribution in [3.8, 4) is 0 Å². The first kappa shape index (κ1) is 17.1. The number of hydrogen-bond acceptors (Lipinski definition) is 4. The monoisotopic (exact) mass is 418 g/mol. The first-order chi connectivity index (χ1) is 12.5.